The van der Waals surface area contributed by atoms with Gasteiger partial charge in [-0.3, -0.25) is 0 Å². The third kappa shape index (κ3) is 4.69. The standard InChI is InChI=1S/C4H3Br2NS/c5-1-4(6)2-8-3-7/h1H,2H2/b4-1+. The molecule has 44 valence electrons. The summed E-state index contributed by atoms with van der Waals surface area (Å²) in [5.41, 5.74) is 0. The third-order valence-electron chi connectivity index (χ3n) is 0.393. The molecule has 0 radical (unpaired) electrons. The summed E-state index contributed by atoms with van der Waals surface area (Å²) in [6.45, 7) is 0. The van der Waals surface area contributed by atoms with Gasteiger partial charge in [-0.1, -0.05) is 31.9 Å². The Labute approximate surface area is 69.4 Å². The maximum atomic E-state index is 8.06. The van der Waals surface area contributed by atoms with Gasteiger partial charge in [-0.25, -0.2) is 0 Å². The van der Waals surface area contributed by atoms with Crippen molar-refractivity contribution in [3.05, 3.63) is 9.47 Å². The zero-order chi connectivity index (χ0) is 6.41. The number of hydrogen-bond donors (Lipinski definition) is 0. The second kappa shape index (κ2) is 5.67. The predicted molar refractivity (Wildman–Crippen MR) is 44.0 cm³/mol. The fraction of sp³-hybridized carbons (Fsp3) is 0.250. The van der Waals surface area contributed by atoms with Crippen LogP contribution in [0.3, 0.4) is 0 Å². The van der Waals surface area contributed by atoms with Crippen molar-refractivity contribution in [2.75, 3.05) is 5.75 Å². The van der Waals surface area contributed by atoms with Crippen molar-refractivity contribution >= 4 is 43.6 Å². The van der Waals surface area contributed by atoms with Gasteiger partial charge in [-0.05, 0) is 16.7 Å². The van der Waals surface area contributed by atoms with E-state index >= 15 is 0 Å². The molecule has 0 unspecified atom stereocenters. The van der Waals surface area contributed by atoms with Gasteiger partial charge in [0.15, 0.2) is 0 Å². The topological polar surface area (TPSA) is 23.8 Å². The summed E-state index contributed by atoms with van der Waals surface area (Å²) < 4.78 is 0.990. The van der Waals surface area contributed by atoms with Crippen LogP contribution in [0.4, 0.5) is 0 Å². The molecule has 0 rings (SSSR count). The first-order valence-electron chi connectivity index (χ1n) is 1.77. The molecule has 0 amide bonds. The molecule has 4 heteroatoms. The number of hydrogen-bond acceptors (Lipinski definition) is 2. The Bertz CT molecular complexity index is 126. The van der Waals surface area contributed by atoms with Crippen LogP contribution in [0.5, 0.6) is 0 Å². The third-order valence-corrected chi connectivity index (χ3v) is 3.02. The molecule has 0 aromatic carbocycles. The Morgan fingerprint density at radius 2 is 2.50 bits per heavy atom. The molecule has 0 aliphatic rings. The largest absolute Gasteiger partial charge is 0.185 e. The van der Waals surface area contributed by atoms with Crippen molar-refractivity contribution in [3.8, 4) is 5.40 Å². The molecule has 0 spiro atoms. The van der Waals surface area contributed by atoms with E-state index in [2.05, 4.69) is 31.9 Å². The van der Waals surface area contributed by atoms with Crippen LogP contribution in [0.2, 0.25) is 0 Å². The molecule has 0 aromatic rings. The van der Waals surface area contributed by atoms with Gasteiger partial charge in [0, 0.05) is 10.2 Å². The van der Waals surface area contributed by atoms with Crippen molar-refractivity contribution in [1.29, 1.82) is 5.26 Å². The van der Waals surface area contributed by atoms with Crippen LogP contribution in [0.15, 0.2) is 9.47 Å². The quantitative estimate of drug-likeness (QED) is 0.710. The van der Waals surface area contributed by atoms with Gasteiger partial charge in [-0.15, -0.1) is 0 Å². The summed E-state index contributed by atoms with van der Waals surface area (Å²) in [5.74, 6) is 0.710. The molecule has 0 N–H and O–H groups in total. The fourth-order valence-electron chi connectivity index (χ4n) is 0.133. The van der Waals surface area contributed by atoms with E-state index in [-0.39, 0.29) is 0 Å². The molecule has 0 saturated carbocycles. The van der Waals surface area contributed by atoms with Crippen molar-refractivity contribution in [2.24, 2.45) is 0 Å². The lowest BCUT2D eigenvalue weighted by Crippen LogP contribution is -1.70. The van der Waals surface area contributed by atoms with Crippen molar-refractivity contribution in [3.63, 3.8) is 0 Å². The Balaban J connectivity index is 3.29. The van der Waals surface area contributed by atoms with E-state index < -0.39 is 0 Å². The first-order chi connectivity index (χ1) is 3.81. The molecule has 1 nitrogen and oxygen atoms in total. The Morgan fingerprint density at radius 3 is 2.88 bits per heavy atom. The van der Waals surface area contributed by atoms with Gasteiger partial charge in [0.25, 0.3) is 0 Å². The SMILES string of the molecule is N#CSC/C(Br)=C\Br. The van der Waals surface area contributed by atoms with Crippen LogP contribution < -0.4 is 0 Å². The summed E-state index contributed by atoms with van der Waals surface area (Å²) in [7, 11) is 0. The Hall–Kier alpha value is 0.540. The van der Waals surface area contributed by atoms with Gasteiger partial charge in [0.05, 0.1) is 0 Å². The van der Waals surface area contributed by atoms with E-state index in [4.69, 9.17) is 5.26 Å². The number of nitrogens with zero attached hydrogens (tertiary/aromatic N) is 1. The minimum Gasteiger partial charge on any atom is -0.185 e. The van der Waals surface area contributed by atoms with Crippen LogP contribution in [-0.4, -0.2) is 5.75 Å². The summed E-state index contributed by atoms with van der Waals surface area (Å²) >= 11 is 7.53. The first-order valence-corrected chi connectivity index (χ1v) is 4.46. The van der Waals surface area contributed by atoms with E-state index in [1.54, 1.807) is 4.99 Å². The van der Waals surface area contributed by atoms with Gasteiger partial charge in [0.2, 0.25) is 0 Å². The first kappa shape index (κ1) is 8.54. The molecule has 0 aromatic heterocycles. The minimum absolute atomic E-state index is 0.710. The smallest absolute Gasteiger partial charge is 0.133 e. The molecule has 0 atom stereocenters. The molecule has 0 saturated heterocycles. The van der Waals surface area contributed by atoms with E-state index in [1.807, 2.05) is 5.40 Å². The van der Waals surface area contributed by atoms with E-state index in [1.165, 1.54) is 11.8 Å². The van der Waals surface area contributed by atoms with Crippen molar-refractivity contribution in [2.45, 2.75) is 0 Å². The molecule has 0 heterocycles. The highest BCUT2D eigenvalue weighted by Crippen LogP contribution is 2.13. The van der Waals surface area contributed by atoms with Crippen LogP contribution in [0, 0.1) is 10.7 Å². The second-order valence-electron chi connectivity index (χ2n) is 0.936. The average molecular weight is 257 g/mol. The second-order valence-corrected chi connectivity index (χ2v) is 3.17. The summed E-state index contributed by atoms with van der Waals surface area (Å²) in [6.07, 6.45) is 0. The lowest BCUT2D eigenvalue weighted by Gasteiger charge is -1.85. The highest BCUT2D eigenvalue weighted by Gasteiger charge is 1.87. The fourth-order valence-corrected chi connectivity index (χ4v) is 1.14. The van der Waals surface area contributed by atoms with E-state index in [0.717, 1.165) is 4.48 Å². The summed E-state index contributed by atoms with van der Waals surface area (Å²) in [4.78, 5) is 1.75. The average Bonchev–Trinajstić information content (AvgIpc) is 1.83. The van der Waals surface area contributed by atoms with Crippen LogP contribution in [-0.2, 0) is 0 Å². The monoisotopic (exact) mass is 255 g/mol. The number of rotatable bonds is 2. The van der Waals surface area contributed by atoms with Crippen molar-refractivity contribution in [1.82, 2.24) is 0 Å². The summed E-state index contributed by atoms with van der Waals surface area (Å²) in [6, 6.07) is 0. The van der Waals surface area contributed by atoms with E-state index in [9.17, 15) is 0 Å². The van der Waals surface area contributed by atoms with Gasteiger partial charge < -0.3 is 0 Å². The molecule has 0 aliphatic carbocycles. The van der Waals surface area contributed by atoms with Gasteiger partial charge in [0.1, 0.15) is 5.40 Å². The van der Waals surface area contributed by atoms with Gasteiger partial charge in [-0.2, -0.15) is 5.26 Å². The lowest BCUT2D eigenvalue weighted by atomic mass is 10.8. The molecule has 0 fully saturated rings. The highest BCUT2D eigenvalue weighted by atomic mass is 79.9. The number of thioether (sulfide) groups is 1. The van der Waals surface area contributed by atoms with Crippen LogP contribution in [0.1, 0.15) is 0 Å². The normalized spacial score (nSPS) is 10.9. The highest BCUT2D eigenvalue weighted by molar-refractivity contribution is 9.14. The number of nitriles is 1. The maximum absolute atomic E-state index is 8.06. The molecular formula is C4H3Br2NS. The molecule has 8 heavy (non-hydrogen) atoms. The maximum Gasteiger partial charge on any atom is 0.133 e. The minimum atomic E-state index is 0.710. The lowest BCUT2D eigenvalue weighted by molar-refractivity contribution is 1.56. The van der Waals surface area contributed by atoms with Crippen LogP contribution in [0.25, 0.3) is 0 Å². The van der Waals surface area contributed by atoms with Crippen LogP contribution >= 0.6 is 43.6 Å². The molecule has 0 bridgehead atoms. The van der Waals surface area contributed by atoms with E-state index in [0.29, 0.717) is 5.75 Å². The molecule has 0 aliphatic heterocycles. The molecular weight excluding hydrogens is 254 g/mol. The number of halogens is 2. The summed E-state index contributed by atoms with van der Waals surface area (Å²) in [5, 5.41) is 10.0. The predicted octanol–water partition coefficient (Wildman–Crippen LogP) is 2.83. The zero-order valence-corrected chi connectivity index (χ0v) is 7.88. The van der Waals surface area contributed by atoms with Crippen molar-refractivity contribution < 1.29 is 0 Å². The van der Waals surface area contributed by atoms with Gasteiger partial charge >= 0.3 is 0 Å². The zero-order valence-electron chi connectivity index (χ0n) is 3.90. The Morgan fingerprint density at radius 1 is 1.88 bits per heavy atom. The number of thiocyanates is 1. The Kier molecular flexibility index (Phi) is 6.06.